The first kappa shape index (κ1) is 17.2. The minimum atomic E-state index is -0.557. The molecule has 2 aromatic rings. The highest BCUT2D eigenvalue weighted by Crippen LogP contribution is 2.26. The van der Waals surface area contributed by atoms with Crippen LogP contribution in [0.5, 0.6) is 0 Å². The number of rotatable bonds is 4. The number of benzene rings is 2. The highest BCUT2D eigenvalue weighted by atomic mass is 35.5. The van der Waals surface area contributed by atoms with Crippen LogP contribution in [0.4, 0.5) is 5.69 Å². The van der Waals surface area contributed by atoms with Gasteiger partial charge in [0.05, 0.1) is 0 Å². The molecular formula is C20H18ClNO3. The van der Waals surface area contributed by atoms with E-state index in [1.807, 2.05) is 30.3 Å². The third-order valence-corrected chi connectivity index (χ3v) is 4.24. The van der Waals surface area contributed by atoms with E-state index in [0.29, 0.717) is 11.6 Å². The number of hydrogen-bond donors (Lipinski definition) is 0. The molecule has 1 aliphatic rings. The number of esters is 1. The van der Waals surface area contributed by atoms with Crippen LogP contribution < -0.4 is 4.90 Å². The van der Waals surface area contributed by atoms with E-state index < -0.39 is 5.97 Å². The number of carbonyl (C=O) groups is 2. The van der Waals surface area contributed by atoms with Gasteiger partial charge in [0.1, 0.15) is 0 Å². The van der Waals surface area contributed by atoms with Crippen molar-refractivity contribution in [2.75, 3.05) is 18.1 Å². The van der Waals surface area contributed by atoms with Crippen molar-refractivity contribution in [1.29, 1.82) is 0 Å². The molecular weight excluding hydrogens is 338 g/mol. The quantitative estimate of drug-likeness (QED) is 0.617. The fourth-order valence-electron chi connectivity index (χ4n) is 2.83. The lowest BCUT2D eigenvalue weighted by Crippen LogP contribution is -2.38. The van der Waals surface area contributed by atoms with Crippen LogP contribution in [0.1, 0.15) is 17.5 Å². The van der Waals surface area contributed by atoms with Gasteiger partial charge >= 0.3 is 5.97 Å². The van der Waals surface area contributed by atoms with E-state index in [9.17, 15) is 9.59 Å². The largest absolute Gasteiger partial charge is 0.452 e. The highest BCUT2D eigenvalue weighted by Gasteiger charge is 2.22. The maximum atomic E-state index is 12.4. The summed E-state index contributed by atoms with van der Waals surface area (Å²) in [6, 6.07) is 14.9. The smallest absolute Gasteiger partial charge is 0.331 e. The summed E-state index contributed by atoms with van der Waals surface area (Å²) in [5, 5.41) is 0.592. The summed E-state index contributed by atoms with van der Waals surface area (Å²) in [4.78, 5) is 25.9. The van der Waals surface area contributed by atoms with Crippen LogP contribution in [0.15, 0.2) is 54.6 Å². The van der Waals surface area contributed by atoms with Gasteiger partial charge < -0.3 is 9.64 Å². The van der Waals surface area contributed by atoms with Gasteiger partial charge in [0, 0.05) is 23.3 Å². The van der Waals surface area contributed by atoms with Crippen LogP contribution in [0.25, 0.3) is 6.08 Å². The molecule has 0 bridgehead atoms. The first-order valence-electron chi connectivity index (χ1n) is 8.12. The number of hydrogen-bond acceptors (Lipinski definition) is 3. The molecule has 2 aromatic carbocycles. The summed E-state index contributed by atoms with van der Waals surface area (Å²) in [5.74, 6) is -0.768. The van der Waals surface area contributed by atoms with Crippen LogP contribution in [0, 0.1) is 0 Å². The highest BCUT2D eigenvalue weighted by molar-refractivity contribution is 6.30. The molecule has 1 heterocycles. The second-order valence-corrected chi connectivity index (χ2v) is 6.21. The van der Waals surface area contributed by atoms with Gasteiger partial charge in [0.25, 0.3) is 5.91 Å². The lowest BCUT2D eigenvalue weighted by Gasteiger charge is -2.29. The number of amides is 1. The number of nitrogens with zero attached hydrogens (tertiary/aromatic N) is 1. The van der Waals surface area contributed by atoms with Gasteiger partial charge in [-0.05, 0) is 48.2 Å². The van der Waals surface area contributed by atoms with Gasteiger partial charge in [0.2, 0.25) is 0 Å². The van der Waals surface area contributed by atoms with E-state index >= 15 is 0 Å². The van der Waals surface area contributed by atoms with Gasteiger partial charge in [-0.2, -0.15) is 0 Å². The lowest BCUT2D eigenvalue weighted by atomic mass is 10.0. The van der Waals surface area contributed by atoms with Gasteiger partial charge in [-0.15, -0.1) is 0 Å². The second-order valence-electron chi connectivity index (χ2n) is 5.77. The average molecular weight is 356 g/mol. The molecule has 0 aliphatic carbocycles. The molecule has 25 heavy (non-hydrogen) atoms. The molecule has 5 heteroatoms. The monoisotopic (exact) mass is 355 g/mol. The second kappa shape index (κ2) is 7.99. The molecule has 0 aromatic heterocycles. The molecule has 1 aliphatic heterocycles. The Kier molecular flexibility index (Phi) is 5.51. The Labute approximate surface area is 151 Å². The number of halogens is 1. The Morgan fingerprint density at radius 3 is 2.84 bits per heavy atom. The van der Waals surface area contributed by atoms with Gasteiger partial charge in [-0.1, -0.05) is 41.9 Å². The predicted molar refractivity (Wildman–Crippen MR) is 98.6 cm³/mol. The van der Waals surface area contributed by atoms with Crippen LogP contribution in [0.2, 0.25) is 5.02 Å². The van der Waals surface area contributed by atoms with E-state index in [1.54, 1.807) is 29.2 Å². The third-order valence-electron chi connectivity index (χ3n) is 4.01. The predicted octanol–water partition coefficient (Wildman–Crippen LogP) is 3.88. The molecule has 0 atom stereocenters. The van der Waals surface area contributed by atoms with Crippen molar-refractivity contribution < 1.29 is 14.3 Å². The molecule has 0 fully saturated rings. The maximum absolute atomic E-state index is 12.4. The van der Waals surface area contributed by atoms with E-state index in [4.69, 9.17) is 16.3 Å². The lowest BCUT2D eigenvalue weighted by molar-refractivity contribution is -0.142. The van der Waals surface area contributed by atoms with E-state index in [2.05, 4.69) is 0 Å². The van der Waals surface area contributed by atoms with Crippen molar-refractivity contribution in [2.45, 2.75) is 12.8 Å². The summed E-state index contributed by atoms with van der Waals surface area (Å²) in [6.07, 6.45) is 4.77. The van der Waals surface area contributed by atoms with Crippen molar-refractivity contribution >= 4 is 35.2 Å². The first-order chi connectivity index (χ1) is 12.1. The number of aryl methyl sites for hydroxylation is 1. The van der Waals surface area contributed by atoms with Gasteiger partial charge in [-0.25, -0.2) is 4.79 Å². The van der Waals surface area contributed by atoms with Crippen LogP contribution in [0.3, 0.4) is 0 Å². The summed E-state index contributed by atoms with van der Waals surface area (Å²) in [7, 11) is 0. The fourth-order valence-corrected chi connectivity index (χ4v) is 3.02. The Hall–Kier alpha value is -2.59. The standard InChI is InChI=1S/C20H18ClNO3/c21-17-8-3-5-15(13-17)10-11-20(24)25-14-19(23)22-12-4-7-16-6-1-2-9-18(16)22/h1-3,5-6,8-11,13H,4,7,12,14H2/b11-10+. The molecule has 128 valence electrons. The number of anilines is 1. The third kappa shape index (κ3) is 4.48. The average Bonchev–Trinajstić information content (AvgIpc) is 2.64. The van der Waals surface area contributed by atoms with Crippen molar-refractivity contribution in [1.82, 2.24) is 0 Å². The van der Waals surface area contributed by atoms with Crippen LogP contribution in [-0.2, 0) is 20.7 Å². The van der Waals surface area contributed by atoms with Crippen LogP contribution in [-0.4, -0.2) is 25.0 Å². The van der Waals surface area contributed by atoms with Crippen molar-refractivity contribution in [3.63, 3.8) is 0 Å². The van der Waals surface area contributed by atoms with Crippen molar-refractivity contribution in [3.8, 4) is 0 Å². The first-order valence-corrected chi connectivity index (χ1v) is 8.50. The molecule has 1 amide bonds. The molecule has 0 saturated heterocycles. The van der Waals surface area contributed by atoms with Crippen LogP contribution >= 0.6 is 11.6 Å². The summed E-state index contributed by atoms with van der Waals surface area (Å²) in [6.45, 7) is 0.374. The Balaban J connectivity index is 1.57. The molecule has 3 rings (SSSR count). The van der Waals surface area contributed by atoms with Crippen molar-refractivity contribution in [2.24, 2.45) is 0 Å². The number of carbonyl (C=O) groups excluding carboxylic acids is 2. The minimum absolute atomic E-state index is 0.211. The zero-order chi connectivity index (χ0) is 17.6. The van der Waals surface area contributed by atoms with E-state index in [0.717, 1.165) is 29.7 Å². The molecule has 0 spiro atoms. The Bertz CT molecular complexity index is 816. The minimum Gasteiger partial charge on any atom is -0.452 e. The Morgan fingerprint density at radius 2 is 2.00 bits per heavy atom. The molecule has 0 saturated carbocycles. The zero-order valence-electron chi connectivity index (χ0n) is 13.7. The zero-order valence-corrected chi connectivity index (χ0v) is 14.4. The normalized spacial score (nSPS) is 13.6. The van der Waals surface area contributed by atoms with Gasteiger partial charge in [0.15, 0.2) is 6.61 Å². The molecule has 0 N–H and O–H groups in total. The molecule has 0 radical (unpaired) electrons. The maximum Gasteiger partial charge on any atom is 0.331 e. The Morgan fingerprint density at radius 1 is 1.16 bits per heavy atom. The molecule has 0 unspecified atom stereocenters. The topological polar surface area (TPSA) is 46.6 Å². The van der Waals surface area contributed by atoms with E-state index in [-0.39, 0.29) is 12.5 Å². The number of ether oxygens (including phenoxy) is 1. The number of para-hydroxylation sites is 1. The summed E-state index contributed by atoms with van der Waals surface area (Å²) in [5.41, 5.74) is 2.85. The molecule has 4 nitrogen and oxygen atoms in total. The number of fused-ring (bicyclic) bond motifs is 1. The SMILES string of the molecule is O=C(/C=C/c1cccc(Cl)c1)OCC(=O)N1CCCc2ccccc21. The van der Waals surface area contributed by atoms with Crippen molar-refractivity contribution in [3.05, 3.63) is 70.8 Å². The summed E-state index contributed by atoms with van der Waals surface area (Å²) < 4.78 is 5.07. The van der Waals surface area contributed by atoms with E-state index in [1.165, 1.54) is 6.08 Å². The van der Waals surface area contributed by atoms with Gasteiger partial charge in [-0.3, -0.25) is 4.79 Å². The fraction of sp³-hybridized carbons (Fsp3) is 0.200. The summed E-state index contributed by atoms with van der Waals surface area (Å²) >= 11 is 5.89.